The van der Waals surface area contributed by atoms with Gasteiger partial charge in [-0.2, -0.15) is 13.2 Å². The van der Waals surface area contributed by atoms with Crippen molar-refractivity contribution in [1.82, 2.24) is 15.6 Å². The highest BCUT2D eigenvalue weighted by Gasteiger charge is 2.56. The molecule has 14 heteroatoms. The van der Waals surface area contributed by atoms with Crippen molar-refractivity contribution < 1.29 is 40.6 Å². The minimum absolute atomic E-state index is 0.0000715. The maximum Gasteiger partial charge on any atom is 0.573 e. The van der Waals surface area contributed by atoms with Gasteiger partial charge in [0.25, 0.3) is 0 Å². The van der Waals surface area contributed by atoms with Crippen LogP contribution in [0, 0.1) is 0 Å². The van der Waals surface area contributed by atoms with Crippen molar-refractivity contribution in [2.75, 3.05) is 33.9 Å². The number of ether oxygens (including phenoxy) is 3. The van der Waals surface area contributed by atoms with Gasteiger partial charge in [0.2, 0.25) is 0 Å². The van der Waals surface area contributed by atoms with E-state index >= 15 is 0 Å². The van der Waals surface area contributed by atoms with Gasteiger partial charge in [-0.1, -0.05) is 13.3 Å². The Morgan fingerprint density at radius 1 is 1.16 bits per heavy atom. The Morgan fingerprint density at radius 3 is 2.35 bits per heavy atom. The molecule has 0 bridgehead atoms. The third-order valence-electron chi connectivity index (χ3n) is 5.58. The van der Waals surface area contributed by atoms with Crippen LogP contribution >= 0.6 is 11.3 Å². The average molecular weight is 557 g/mol. The van der Waals surface area contributed by atoms with Crippen LogP contribution in [-0.4, -0.2) is 64.1 Å². The Kier molecular flexibility index (Phi) is 10.7. The maximum absolute atomic E-state index is 14.1. The number of nitrogens with zero attached hydrogens (tertiary/aromatic N) is 2. The van der Waals surface area contributed by atoms with E-state index in [4.69, 9.17) is 9.47 Å². The first kappa shape index (κ1) is 30.8. The van der Waals surface area contributed by atoms with E-state index in [0.717, 1.165) is 30.9 Å². The fourth-order valence-corrected chi connectivity index (χ4v) is 4.22. The third kappa shape index (κ3) is 7.55. The van der Waals surface area contributed by atoms with Crippen LogP contribution in [0.4, 0.5) is 32.0 Å². The Morgan fingerprint density at radius 2 is 1.86 bits per heavy atom. The normalized spacial score (nSPS) is 14.8. The van der Waals surface area contributed by atoms with E-state index in [-0.39, 0.29) is 29.0 Å². The lowest BCUT2D eigenvalue weighted by Crippen LogP contribution is -2.42. The van der Waals surface area contributed by atoms with E-state index in [9.17, 15) is 26.3 Å². The summed E-state index contributed by atoms with van der Waals surface area (Å²) >= 11 is 1.06. The zero-order chi connectivity index (χ0) is 27.9. The highest BCUT2D eigenvalue weighted by atomic mass is 32.1. The molecule has 1 aromatic carbocycles. The van der Waals surface area contributed by atoms with Crippen LogP contribution in [0.25, 0.3) is 10.6 Å². The van der Waals surface area contributed by atoms with Crippen molar-refractivity contribution in [3.05, 3.63) is 23.2 Å². The molecule has 1 heterocycles. The summed E-state index contributed by atoms with van der Waals surface area (Å²) < 4.78 is 97.5. The molecule has 2 rings (SSSR count). The SMILES string of the molecule is C=Nc1c(OCC(CCC)NCCNC)c(-c2nccs2)cc(C(C)(OC)C(F)(F)F)c1OC(F)(F)F. The molecule has 0 saturated carbocycles. The van der Waals surface area contributed by atoms with Gasteiger partial charge in [0.15, 0.2) is 17.1 Å². The second kappa shape index (κ2) is 12.9. The zero-order valence-corrected chi connectivity index (χ0v) is 21.7. The molecule has 2 unspecified atom stereocenters. The van der Waals surface area contributed by atoms with Gasteiger partial charge in [0.1, 0.15) is 17.3 Å². The van der Waals surface area contributed by atoms with Crippen LogP contribution in [0.2, 0.25) is 0 Å². The highest BCUT2D eigenvalue weighted by molar-refractivity contribution is 7.13. The molecule has 0 spiro atoms. The number of alkyl halides is 6. The van der Waals surface area contributed by atoms with E-state index in [1.165, 1.54) is 6.20 Å². The van der Waals surface area contributed by atoms with Gasteiger partial charge in [-0.3, -0.25) is 4.99 Å². The number of halogens is 6. The van der Waals surface area contributed by atoms with E-state index in [1.807, 2.05) is 6.92 Å². The van der Waals surface area contributed by atoms with Gasteiger partial charge in [0, 0.05) is 43.4 Å². The Hall–Kier alpha value is -2.42. The molecule has 0 aliphatic carbocycles. The number of likely N-dealkylation sites (N-methyl/N-ethyl adjacent to an activating group) is 1. The van der Waals surface area contributed by atoms with Crippen LogP contribution in [0.1, 0.15) is 32.3 Å². The van der Waals surface area contributed by atoms with Gasteiger partial charge in [-0.15, -0.1) is 24.5 Å². The maximum atomic E-state index is 14.1. The first-order chi connectivity index (χ1) is 17.3. The van der Waals surface area contributed by atoms with E-state index in [2.05, 4.69) is 32.1 Å². The quantitative estimate of drug-likeness (QED) is 0.174. The van der Waals surface area contributed by atoms with E-state index < -0.39 is 35.1 Å². The van der Waals surface area contributed by atoms with Crippen molar-refractivity contribution in [1.29, 1.82) is 0 Å². The van der Waals surface area contributed by atoms with Gasteiger partial charge < -0.3 is 24.8 Å². The van der Waals surface area contributed by atoms with E-state index in [1.54, 1.807) is 12.4 Å². The van der Waals surface area contributed by atoms with Gasteiger partial charge >= 0.3 is 12.5 Å². The number of rotatable bonds is 14. The Labute approximate surface area is 215 Å². The minimum Gasteiger partial charge on any atom is -0.489 e. The number of hydrogen-bond donors (Lipinski definition) is 2. The molecular formula is C23H30F6N4O3S. The Balaban J connectivity index is 2.78. The summed E-state index contributed by atoms with van der Waals surface area (Å²) in [5, 5.41) is 8.04. The van der Waals surface area contributed by atoms with Crippen LogP contribution in [0.3, 0.4) is 0 Å². The lowest BCUT2D eigenvalue weighted by Gasteiger charge is -2.33. The lowest BCUT2D eigenvalue weighted by molar-refractivity contribution is -0.283. The van der Waals surface area contributed by atoms with Gasteiger partial charge in [0.05, 0.1) is 5.56 Å². The molecular weight excluding hydrogens is 526 g/mol. The molecule has 0 fully saturated rings. The van der Waals surface area contributed by atoms with Crippen molar-refractivity contribution in [3.8, 4) is 22.1 Å². The summed E-state index contributed by atoms with van der Waals surface area (Å²) in [4.78, 5) is 7.77. The fourth-order valence-electron chi connectivity index (χ4n) is 3.57. The number of aliphatic imine (C=N–C) groups is 1. The van der Waals surface area contributed by atoms with Gasteiger partial charge in [-0.05, 0) is 33.2 Å². The molecule has 2 N–H and O–H groups in total. The van der Waals surface area contributed by atoms with Crippen LogP contribution in [0.5, 0.6) is 11.5 Å². The second-order valence-electron chi connectivity index (χ2n) is 8.11. The largest absolute Gasteiger partial charge is 0.573 e. The molecule has 2 aromatic rings. The lowest BCUT2D eigenvalue weighted by atomic mass is 9.91. The number of nitrogens with one attached hydrogen (secondary N) is 2. The number of hydrogen-bond acceptors (Lipinski definition) is 8. The monoisotopic (exact) mass is 556 g/mol. The third-order valence-corrected chi connectivity index (χ3v) is 6.39. The van der Waals surface area contributed by atoms with Crippen LogP contribution in [0.15, 0.2) is 22.6 Å². The molecule has 0 radical (unpaired) electrons. The average Bonchev–Trinajstić information content (AvgIpc) is 3.35. The van der Waals surface area contributed by atoms with Crippen molar-refractivity contribution in [3.63, 3.8) is 0 Å². The number of thiazole rings is 1. The van der Waals surface area contributed by atoms with Crippen molar-refractivity contribution in [2.24, 2.45) is 4.99 Å². The molecule has 0 aliphatic rings. The summed E-state index contributed by atoms with van der Waals surface area (Å²) in [6.45, 7) is 7.11. The second-order valence-corrected chi connectivity index (χ2v) is 9.01. The molecule has 0 saturated heterocycles. The molecule has 208 valence electrons. The molecule has 37 heavy (non-hydrogen) atoms. The summed E-state index contributed by atoms with van der Waals surface area (Å²) in [7, 11) is 2.53. The number of aromatic nitrogens is 1. The smallest absolute Gasteiger partial charge is 0.489 e. The van der Waals surface area contributed by atoms with Crippen LogP contribution in [-0.2, 0) is 10.3 Å². The topological polar surface area (TPSA) is 77.0 Å². The summed E-state index contributed by atoms with van der Waals surface area (Å²) in [6, 6.07) is 0.690. The van der Waals surface area contributed by atoms with E-state index in [0.29, 0.717) is 26.4 Å². The summed E-state index contributed by atoms with van der Waals surface area (Å²) in [5.74, 6) is -1.44. The number of methoxy groups -OCH3 is 1. The Bertz CT molecular complexity index is 1020. The molecule has 0 amide bonds. The molecule has 2 atom stereocenters. The van der Waals surface area contributed by atoms with Crippen LogP contribution < -0.4 is 20.1 Å². The minimum atomic E-state index is -5.34. The predicted molar refractivity (Wildman–Crippen MR) is 130 cm³/mol. The molecule has 0 aliphatic heterocycles. The first-order valence-corrected chi connectivity index (χ1v) is 12.2. The summed E-state index contributed by atoms with van der Waals surface area (Å²) in [5.41, 5.74) is -4.77. The number of benzene rings is 1. The predicted octanol–water partition coefficient (Wildman–Crippen LogP) is 5.82. The van der Waals surface area contributed by atoms with Crippen molar-refractivity contribution >= 4 is 23.7 Å². The summed E-state index contributed by atoms with van der Waals surface area (Å²) in [6.07, 6.45) is -7.59. The zero-order valence-electron chi connectivity index (χ0n) is 20.8. The van der Waals surface area contributed by atoms with Gasteiger partial charge in [-0.25, -0.2) is 4.98 Å². The first-order valence-electron chi connectivity index (χ1n) is 11.3. The highest BCUT2D eigenvalue weighted by Crippen LogP contribution is 2.55. The molecule has 7 nitrogen and oxygen atoms in total. The standard InChI is InChI=1S/C23H30F6N4O3S/c1-6-7-14(32-9-8-30-3)13-35-18-15(20-33-10-11-37-20)12-16(21(2,34-5)22(24,25)26)19(17(18)31-4)36-23(27,28)29/h10-12,14,30,32H,4,6-9,13H2,1-3,5H3. The molecule has 1 aromatic heterocycles. The van der Waals surface area contributed by atoms with Crippen molar-refractivity contribution in [2.45, 2.75) is 50.9 Å². The fraction of sp³-hybridized carbons (Fsp3) is 0.565.